The lowest BCUT2D eigenvalue weighted by molar-refractivity contribution is 0.344. The van der Waals surface area contributed by atoms with Crippen LogP contribution in [0.25, 0.3) is 10.9 Å². The number of hydrogen-bond donors (Lipinski definition) is 0. The van der Waals surface area contributed by atoms with Gasteiger partial charge in [-0.25, -0.2) is 4.98 Å². The molecule has 1 heterocycles. The lowest BCUT2D eigenvalue weighted by Gasteiger charge is -2.10. The first-order valence-electron chi connectivity index (χ1n) is 7.81. The third-order valence-electron chi connectivity index (χ3n) is 3.76. The molecule has 3 aromatic rings. The number of thioether (sulfide) groups is 1. The molecule has 0 aliphatic rings. The van der Waals surface area contributed by atoms with Crippen molar-refractivity contribution in [2.24, 2.45) is 7.05 Å². The van der Waals surface area contributed by atoms with E-state index in [0.29, 0.717) is 34.0 Å². The number of ether oxygens (including phenoxy) is 1. The van der Waals surface area contributed by atoms with Crippen LogP contribution in [0.5, 0.6) is 5.75 Å². The number of fused-ring (bicyclic) bond motifs is 1. The van der Waals surface area contributed by atoms with Gasteiger partial charge in [0.1, 0.15) is 5.75 Å². The van der Waals surface area contributed by atoms with Crippen molar-refractivity contribution in [1.29, 1.82) is 5.26 Å². The summed E-state index contributed by atoms with van der Waals surface area (Å²) in [5.41, 5.74) is 2.32. The summed E-state index contributed by atoms with van der Waals surface area (Å²) >= 11 is 1.48. The minimum Gasteiger partial charge on any atom is -0.493 e. The van der Waals surface area contributed by atoms with E-state index in [1.54, 1.807) is 35.9 Å². The van der Waals surface area contributed by atoms with E-state index in [0.717, 1.165) is 11.3 Å². The van der Waals surface area contributed by atoms with E-state index in [1.165, 1.54) is 11.8 Å². The second-order valence-electron chi connectivity index (χ2n) is 5.61. The summed E-state index contributed by atoms with van der Waals surface area (Å²) in [5.74, 6) is 1.38. The Morgan fingerprint density at radius 3 is 2.72 bits per heavy atom. The van der Waals surface area contributed by atoms with Gasteiger partial charge in [-0.2, -0.15) is 5.26 Å². The molecule has 0 spiro atoms. The second-order valence-corrected chi connectivity index (χ2v) is 6.67. The highest BCUT2D eigenvalue weighted by molar-refractivity contribution is 7.99. The van der Waals surface area contributed by atoms with Crippen molar-refractivity contribution in [2.75, 3.05) is 12.4 Å². The molecule has 25 heavy (non-hydrogen) atoms. The Balaban J connectivity index is 1.67. The Kier molecular flexibility index (Phi) is 5.05. The molecule has 0 radical (unpaired) electrons. The summed E-state index contributed by atoms with van der Waals surface area (Å²) < 4.78 is 7.23. The molecular formula is C19H17N3O2S. The first-order valence-corrected chi connectivity index (χ1v) is 8.80. The molecule has 0 saturated heterocycles. The van der Waals surface area contributed by atoms with Crippen molar-refractivity contribution < 1.29 is 4.74 Å². The first-order chi connectivity index (χ1) is 12.1. The van der Waals surface area contributed by atoms with Crippen LogP contribution in [0, 0.1) is 18.3 Å². The van der Waals surface area contributed by atoms with Crippen LogP contribution < -0.4 is 10.3 Å². The molecule has 0 fully saturated rings. The largest absolute Gasteiger partial charge is 0.493 e. The molecular weight excluding hydrogens is 334 g/mol. The average Bonchev–Trinajstić information content (AvgIpc) is 2.63. The van der Waals surface area contributed by atoms with Gasteiger partial charge in [0.2, 0.25) is 0 Å². The molecule has 0 saturated carbocycles. The number of hydrogen-bond acceptors (Lipinski definition) is 5. The van der Waals surface area contributed by atoms with Crippen LogP contribution in [0.4, 0.5) is 0 Å². The molecule has 2 aromatic carbocycles. The van der Waals surface area contributed by atoms with Gasteiger partial charge in [-0.1, -0.05) is 23.4 Å². The van der Waals surface area contributed by atoms with Crippen LogP contribution in [0.3, 0.4) is 0 Å². The van der Waals surface area contributed by atoms with E-state index in [2.05, 4.69) is 11.1 Å². The van der Waals surface area contributed by atoms with Crippen molar-refractivity contribution in [2.45, 2.75) is 12.1 Å². The molecule has 0 atom stereocenters. The Morgan fingerprint density at radius 2 is 2.00 bits per heavy atom. The summed E-state index contributed by atoms with van der Waals surface area (Å²) in [5, 5.41) is 10.1. The van der Waals surface area contributed by atoms with E-state index in [9.17, 15) is 4.79 Å². The minimum absolute atomic E-state index is 0.0378. The molecule has 3 rings (SSSR count). The van der Waals surface area contributed by atoms with Crippen LogP contribution >= 0.6 is 11.8 Å². The zero-order valence-electron chi connectivity index (χ0n) is 14.0. The van der Waals surface area contributed by atoms with Crippen molar-refractivity contribution in [3.63, 3.8) is 0 Å². The molecule has 5 nitrogen and oxygen atoms in total. The van der Waals surface area contributed by atoms with Gasteiger partial charge in [-0.15, -0.1) is 0 Å². The number of rotatable bonds is 5. The van der Waals surface area contributed by atoms with Crippen molar-refractivity contribution in [3.05, 3.63) is 63.9 Å². The highest BCUT2D eigenvalue weighted by Gasteiger charge is 2.09. The molecule has 0 amide bonds. The third-order valence-corrected chi connectivity index (χ3v) is 4.75. The Labute approximate surface area is 149 Å². The predicted molar refractivity (Wildman–Crippen MR) is 99.1 cm³/mol. The van der Waals surface area contributed by atoms with E-state index in [1.807, 2.05) is 25.1 Å². The van der Waals surface area contributed by atoms with Gasteiger partial charge in [0.05, 0.1) is 29.1 Å². The highest BCUT2D eigenvalue weighted by atomic mass is 32.2. The highest BCUT2D eigenvalue weighted by Crippen LogP contribution is 2.18. The normalized spacial score (nSPS) is 10.6. The van der Waals surface area contributed by atoms with E-state index in [-0.39, 0.29) is 5.56 Å². The Bertz CT molecular complexity index is 1000. The van der Waals surface area contributed by atoms with Crippen LogP contribution in [0.1, 0.15) is 11.1 Å². The molecule has 126 valence electrons. The van der Waals surface area contributed by atoms with Gasteiger partial charge in [0.15, 0.2) is 5.16 Å². The fraction of sp³-hybridized carbons (Fsp3) is 0.211. The fourth-order valence-electron chi connectivity index (χ4n) is 2.41. The summed E-state index contributed by atoms with van der Waals surface area (Å²) in [7, 11) is 1.74. The van der Waals surface area contributed by atoms with Gasteiger partial charge < -0.3 is 4.74 Å². The molecule has 0 unspecified atom stereocenters. The van der Waals surface area contributed by atoms with E-state index >= 15 is 0 Å². The smallest absolute Gasteiger partial charge is 0.261 e. The standard InChI is InChI=1S/C19H17N3O2S/c1-13-3-8-17-16(11-13)18(23)22(2)19(21-17)25-10-9-24-15-6-4-14(12-20)5-7-15/h3-8,11H,9-10H2,1-2H3. The zero-order chi connectivity index (χ0) is 17.8. The average molecular weight is 351 g/mol. The van der Waals surface area contributed by atoms with Gasteiger partial charge >= 0.3 is 0 Å². The number of nitriles is 1. The van der Waals surface area contributed by atoms with Crippen LogP contribution in [-0.4, -0.2) is 21.9 Å². The summed E-state index contributed by atoms with van der Waals surface area (Å²) in [4.78, 5) is 17.0. The van der Waals surface area contributed by atoms with E-state index < -0.39 is 0 Å². The first kappa shape index (κ1) is 17.1. The Hall–Kier alpha value is -2.78. The fourth-order valence-corrected chi connectivity index (χ4v) is 3.20. The second kappa shape index (κ2) is 7.41. The molecule has 0 aliphatic carbocycles. The number of nitrogens with zero attached hydrogens (tertiary/aromatic N) is 3. The third kappa shape index (κ3) is 3.83. The summed E-state index contributed by atoms with van der Waals surface area (Å²) in [6, 6.07) is 14.8. The minimum atomic E-state index is -0.0378. The quantitative estimate of drug-likeness (QED) is 0.401. The Morgan fingerprint density at radius 1 is 1.24 bits per heavy atom. The maximum atomic E-state index is 12.5. The number of aromatic nitrogens is 2. The van der Waals surface area contributed by atoms with Crippen molar-refractivity contribution in [1.82, 2.24) is 9.55 Å². The number of benzene rings is 2. The maximum Gasteiger partial charge on any atom is 0.261 e. The van der Waals surface area contributed by atoms with Crippen LogP contribution in [0.2, 0.25) is 0 Å². The van der Waals surface area contributed by atoms with Gasteiger partial charge in [-0.05, 0) is 43.3 Å². The van der Waals surface area contributed by atoms with Crippen molar-refractivity contribution in [3.8, 4) is 11.8 Å². The SMILES string of the molecule is Cc1ccc2nc(SCCOc3ccc(C#N)cc3)n(C)c(=O)c2c1. The molecule has 0 aliphatic heterocycles. The monoisotopic (exact) mass is 351 g/mol. The van der Waals surface area contributed by atoms with Crippen molar-refractivity contribution >= 4 is 22.7 Å². The van der Waals surface area contributed by atoms with Gasteiger partial charge in [-0.3, -0.25) is 9.36 Å². The molecule has 1 aromatic heterocycles. The topological polar surface area (TPSA) is 67.9 Å². The van der Waals surface area contributed by atoms with Crippen LogP contribution in [0.15, 0.2) is 52.4 Å². The molecule has 6 heteroatoms. The zero-order valence-corrected chi connectivity index (χ0v) is 14.8. The van der Waals surface area contributed by atoms with Gasteiger partial charge in [0, 0.05) is 12.8 Å². The van der Waals surface area contributed by atoms with Crippen LogP contribution in [-0.2, 0) is 7.05 Å². The lowest BCUT2D eigenvalue weighted by Crippen LogP contribution is -2.20. The molecule has 0 bridgehead atoms. The predicted octanol–water partition coefficient (Wildman–Crippen LogP) is 3.28. The summed E-state index contributed by atoms with van der Waals surface area (Å²) in [6.07, 6.45) is 0. The lowest BCUT2D eigenvalue weighted by atomic mass is 10.2. The summed E-state index contributed by atoms with van der Waals surface area (Å²) in [6.45, 7) is 2.44. The number of aryl methyl sites for hydroxylation is 1. The maximum absolute atomic E-state index is 12.5. The van der Waals surface area contributed by atoms with E-state index in [4.69, 9.17) is 10.00 Å². The molecule has 0 N–H and O–H groups in total. The van der Waals surface area contributed by atoms with Gasteiger partial charge in [0.25, 0.3) is 5.56 Å².